The second kappa shape index (κ2) is 9.13. The van der Waals surface area contributed by atoms with E-state index in [9.17, 15) is 9.59 Å². The van der Waals surface area contributed by atoms with Gasteiger partial charge in [0, 0.05) is 13.0 Å². The molecule has 0 heterocycles. The van der Waals surface area contributed by atoms with Crippen LogP contribution in [0.5, 0.6) is 5.75 Å². The Labute approximate surface area is 138 Å². The van der Waals surface area contributed by atoms with Gasteiger partial charge in [-0.2, -0.15) is 0 Å². The Morgan fingerprint density at radius 3 is 2.35 bits per heavy atom. The second-order valence-corrected chi connectivity index (χ2v) is 6.55. The molecular weight excluding hydrogens is 290 g/mol. The zero-order valence-corrected chi connectivity index (χ0v) is 14.4. The number of rotatable bonds is 8. The summed E-state index contributed by atoms with van der Waals surface area (Å²) in [5.41, 5.74) is 1.29. The van der Waals surface area contributed by atoms with E-state index >= 15 is 0 Å². The summed E-state index contributed by atoms with van der Waals surface area (Å²) in [4.78, 5) is 22.7. The molecule has 0 radical (unpaired) electrons. The molecule has 4 nitrogen and oxygen atoms in total. The maximum atomic E-state index is 11.8. The van der Waals surface area contributed by atoms with Gasteiger partial charge in [0.15, 0.2) is 0 Å². The van der Waals surface area contributed by atoms with Crippen LogP contribution < -0.4 is 10.1 Å². The zero-order chi connectivity index (χ0) is 17.3. The number of carbonyl (C=O) groups is 2. The van der Waals surface area contributed by atoms with Gasteiger partial charge >= 0.3 is 5.97 Å². The normalized spacial score (nSPS) is 10.9. The van der Waals surface area contributed by atoms with Gasteiger partial charge in [0.05, 0.1) is 0 Å². The van der Waals surface area contributed by atoms with Gasteiger partial charge < -0.3 is 10.1 Å². The molecule has 1 N–H and O–H groups in total. The van der Waals surface area contributed by atoms with Crippen molar-refractivity contribution in [3.8, 4) is 5.75 Å². The van der Waals surface area contributed by atoms with E-state index in [4.69, 9.17) is 4.74 Å². The number of amides is 1. The molecule has 126 valence electrons. The van der Waals surface area contributed by atoms with Crippen molar-refractivity contribution in [2.45, 2.75) is 51.9 Å². The molecule has 0 bridgehead atoms. The summed E-state index contributed by atoms with van der Waals surface area (Å²) in [7, 11) is 0. The highest BCUT2D eigenvalue weighted by molar-refractivity contribution is 5.86. The average molecular weight is 317 g/mol. The third kappa shape index (κ3) is 7.63. The Hall–Kier alpha value is -2.10. The predicted molar refractivity (Wildman–Crippen MR) is 92.5 cm³/mol. The largest absolute Gasteiger partial charge is 0.427 e. The molecule has 0 unspecified atom stereocenters. The van der Waals surface area contributed by atoms with E-state index in [1.54, 1.807) is 0 Å². The van der Waals surface area contributed by atoms with Crippen LogP contribution in [0.15, 0.2) is 36.9 Å². The van der Waals surface area contributed by atoms with Gasteiger partial charge in [-0.3, -0.25) is 9.59 Å². The summed E-state index contributed by atoms with van der Waals surface area (Å²) in [6.45, 7) is 10.4. The zero-order valence-electron chi connectivity index (χ0n) is 14.4. The summed E-state index contributed by atoms with van der Waals surface area (Å²) < 4.78 is 5.32. The minimum Gasteiger partial charge on any atom is -0.427 e. The van der Waals surface area contributed by atoms with E-state index in [0.29, 0.717) is 18.7 Å². The van der Waals surface area contributed by atoms with Gasteiger partial charge in [-0.1, -0.05) is 45.9 Å². The van der Waals surface area contributed by atoms with Crippen LogP contribution >= 0.6 is 0 Å². The summed E-state index contributed by atoms with van der Waals surface area (Å²) in [5.74, 6) is 0.202. The molecule has 23 heavy (non-hydrogen) atoms. The second-order valence-electron chi connectivity index (χ2n) is 6.55. The molecule has 1 aromatic carbocycles. The Bertz CT molecular complexity index is 527. The maximum Gasteiger partial charge on any atom is 0.311 e. The summed E-state index contributed by atoms with van der Waals surface area (Å²) in [5, 5.41) is 2.70. The van der Waals surface area contributed by atoms with E-state index in [-0.39, 0.29) is 17.3 Å². The maximum absolute atomic E-state index is 11.8. The first-order chi connectivity index (χ1) is 10.8. The minimum absolute atomic E-state index is 0.0869. The predicted octanol–water partition coefficient (Wildman–Crippen LogP) is 3.75. The van der Waals surface area contributed by atoms with Crippen LogP contribution in [0, 0.1) is 0 Å². The number of benzene rings is 1. The summed E-state index contributed by atoms with van der Waals surface area (Å²) in [6, 6.07) is 7.66. The van der Waals surface area contributed by atoms with Crippen molar-refractivity contribution in [1.29, 1.82) is 0 Å². The number of unbranched alkanes of at least 4 members (excludes halogenated alkanes) is 2. The van der Waals surface area contributed by atoms with Crippen LogP contribution in [0.1, 0.15) is 52.0 Å². The number of hydrogen-bond donors (Lipinski definition) is 1. The van der Waals surface area contributed by atoms with Crippen LogP contribution in [0.2, 0.25) is 0 Å². The van der Waals surface area contributed by atoms with Crippen molar-refractivity contribution in [2.75, 3.05) is 6.54 Å². The molecule has 0 saturated heterocycles. The molecule has 0 saturated carbocycles. The smallest absolute Gasteiger partial charge is 0.311 e. The van der Waals surface area contributed by atoms with Crippen LogP contribution in [0.25, 0.3) is 0 Å². The molecule has 1 amide bonds. The molecule has 0 aromatic heterocycles. The number of ether oxygens (including phenoxy) is 1. The number of esters is 1. The number of nitrogens with one attached hydrogen (secondary N) is 1. The lowest BCUT2D eigenvalue weighted by molar-refractivity contribution is -0.134. The van der Waals surface area contributed by atoms with Crippen LogP contribution in [-0.2, 0) is 15.0 Å². The first-order valence-corrected chi connectivity index (χ1v) is 8.04. The van der Waals surface area contributed by atoms with Gasteiger partial charge in [-0.15, -0.1) is 0 Å². The first kappa shape index (κ1) is 18.9. The van der Waals surface area contributed by atoms with E-state index in [0.717, 1.165) is 19.3 Å². The van der Waals surface area contributed by atoms with Gasteiger partial charge in [0.1, 0.15) is 5.75 Å². The van der Waals surface area contributed by atoms with E-state index in [1.807, 2.05) is 24.3 Å². The standard InChI is InChI=1S/C19H27NO3/c1-5-17(21)20-14-8-6-7-9-18(22)23-16-12-10-15(11-13-16)19(2,3)4/h5,10-13H,1,6-9,14H2,2-4H3,(H,20,21). The monoisotopic (exact) mass is 317 g/mol. The Balaban J connectivity index is 2.24. The Morgan fingerprint density at radius 1 is 1.13 bits per heavy atom. The summed E-state index contributed by atoms with van der Waals surface area (Å²) >= 11 is 0. The van der Waals surface area contributed by atoms with Crippen LogP contribution in [-0.4, -0.2) is 18.4 Å². The third-order valence-electron chi connectivity index (χ3n) is 3.49. The van der Waals surface area contributed by atoms with Crippen molar-refractivity contribution >= 4 is 11.9 Å². The summed E-state index contributed by atoms with van der Waals surface area (Å²) in [6.07, 6.45) is 4.10. The lowest BCUT2D eigenvalue weighted by Crippen LogP contribution is -2.21. The molecule has 0 fully saturated rings. The molecule has 0 atom stereocenters. The van der Waals surface area contributed by atoms with Crippen molar-refractivity contribution in [1.82, 2.24) is 5.32 Å². The molecule has 0 spiro atoms. The molecular formula is C19H27NO3. The highest BCUT2D eigenvalue weighted by Crippen LogP contribution is 2.24. The van der Waals surface area contributed by atoms with Gasteiger partial charge in [0.2, 0.25) is 5.91 Å². The molecule has 0 aliphatic rings. The molecule has 0 aliphatic heterocycles. The molecule has 4 heteroatoms. The first-order valence-electron chi connectivity index (χ1n) is 8.04. The van der Waals surface area contributed by atoms with Crippen LogP contribution in [0.4, 0.5) is 0 Å². The lowest BCUT2D eigenvalue weighted by Gasteiger charge is -2.18. The van der Waals surface area contributed by atoms with E-state index in [1.165, 1.54) is 11.6 Å². The topological polar surface area (TPSA) is 55.4 Å². The van der Waals surface area contributed by atoms with Crippen molar-refractivity contribution < 1.29 is 14.3 Å². The van der Waals surface area contributed by atoms with Gasteiger partial charge in [-0.25, -0.2) is 0 Å². The minimum atomic E-state index is -0.219. The fourth-order valence-corrected chi connectivity index (χ4v) is 2.06. The molecule has 1 rings (SSSR count). The average Bonchev–Trinajstić information content (AvgIpc) is 2.50. The quantitative estimate of drug-likeness (QED) is 0.344. The van der Waals surface area contributed by atoms with E-state index in [2.05, 4.69) is 32.7 Å². The Kier molecular flexibility index (Phi) is 7.52. The highest BCUT2D eigenvalue weighted by atomic mass is 16.5. The fourth-order valence-electron chi connectivity index (χ4n) is 2.06. The van der Waals surface area contributed by atoms with Gasteiger partial charge in [0.25, 0.3) is 0 Å². The van der Waals surface area contributed by atoms with Crippen molar-refractivity contribution in [3.63, 3.8) is 0 Å². The van der Waals surface area contributed by atoms with Gasteiger partial charge in [-0.05, 0) is 42.0 Å². The molecule has 0 aliphatic carbocycles. The van der Waals surface area contributed by atoms with Crippen molar-refractivity contribution in [2.24, 2.45) is 0 Å². The SMILES string of the molecule is C=CC(=O)NCCCCCC(=O)Oc1ccc(C(C)(C)C)cc1. The lowest BCUT2D eigenvalue weighted by atomic mass is 9.87. The van der Waals surface area contributed by atoms with E-state index < -0.39 is 0 Å². The Morgan fingerprint density at radius 2 is 1.78 bits per heavy atom. The fraction of sp³-hybridized carbons (Fsp3) is 0.474. The number of carbonyl (C=O) groups excluding carboxylic acids is 2. The highest BCUT2D eigenvalue weighted by Gasteiger charge is 2.13. The third-order valence-corrected chi connectivity index (χ3v) is 3.49. The van der Waals surface area contributed by atoms with Crippen LogP contribution in [0.3, 0.4) is 0 Å². The number of hydrogen-bond acceptors (Lipinski definition) is 3. The molecule has 1 aromatic rings. The van der Waals surface area contributed by atoms with Crippen molar-refractivity contribution in [3.05, 3.63) is 42.5 Å².